The van der Waals surface area contributed by atoms with Gasteiger partial charge in [0.2, 0.25) is 5.91 Å². The normalized spacial score (nSPS) is 18.5. The van der Waals surface area contributed by atoms with Crippen LogP contribution >= 0.6 is 0 Å². The average molecular weight is 280 g/mol. The monoisotopic (exact) mass is 280 g/mol. The molecule has 0 aliphatic carbocycles. The number of hydrogen-bond acceptors (Lipinski definition) is 2. The van der Waals surface area contributed by atoms with E-state index < -0.39 is 6.04 Å². The molecular formula is C17H16N2O2. The molecule has 0 bridgehead atoms. The van der Waals surface area contributed by atoms with Gasteiger partial charge in [-0.15, -0.1) is 0 Å². The summed E-state index contributed by atoms with van der Waals surface area (Å²) in [7, 11) is 0. The summed E-state index contributed by atoms with van der Waals surface area (Å²) in [5.74, 6) is -0.256. The molecule has 3 rings (SSSR count). The van der Waals surface area contributed by atoms with Crippen LogP contribution in [0, 0.1) is 6.92 Å². The van der Waals surface area contributed by atoms with E-state index in [-0.39, 0.29) is 18.4 Å². The second-order valence-corrected chi connectivity index (χ2v) is 5.17. The van der Waals surface area contributed by atoms with Crippen molar-refractivity contribution in [1.82, 2.24) is 5.32 Å². The molecule has 1 heterocycles. The molecular weight excluding hydrogens is 264 g/mol. The minimum Gasteiger partial charge on any atom is -0.339 e. The maximum atomic E-state index is 12.7. The van der Waals surface area contributed by atoms with Gasteiger partial charge in [0.15, 0.2) is 0 Å². The second kappa shape index (κ2) is 5.40. The first-order valence-corrected chi connectivity index (χ1v) is 6.87. The van der Waals surface area contributed by atoms with Gasteiger partial charge in [0.1, 0.15) is 12.6 Å². The maximum absolute atomic E-state index is 12.7. The van der Waals surface area contributed by atoms with Gasteiger partial charge in [-0.2, -0.15) is 0 Å². The number of amides is 2. The Hall–Kier alpha value is -2.62. The number of benzene rings is 2. The third kappa shape index (κ3) is 2.65. The molecule has 106 valence electrons. The predicted octanol–water partition coefficient (Wildman–Crippen LogP) is 2.20. The van der Waals surface area contributed by atoms with Crippen molar-refractivity contribution in [3.8, 4) is 0 Å². The summed E-state index contributed by atoms with van der Waals surface area (Å²) in [4.78, 5) is 26.1. The Morgan fingerprint density at radius 3 is 2.33 bits per heavy atom. The molecule has 1 N–H and O–H groups in total. The second-order valence-electron chi connectivity index (χ2n) is 5.17. The van der Waals surface area contributed by atoms with E-state index in [2.05, 4.69) is 5.32 Å². The van der Waals surface area contributed by atoms with E-state index in [0.29, 0.717) is 0 Å². The Bertz CT molecular complexity index is 665. The first kappa shape index (κ1) is 13.4. The number of nitrogens with one attached hydrogen (secondary N) is 1. The lowest BCUT2D eigenvalue weighted by Gasteiger charge is -2.32. The fraction of sp³-hybridized carbons (Fsp3) is 0.176. The van der Waals surface area contributed by atoms with Gasteiger partial charge in [-0.1, -0.05) is 48.0 Å². The van der Waals surface area contributed by atoms with Crippen LogP contribution in [0.15, 0.2) is 54.6 Å². The maximum Gasteiger partial charge on any atom is 0.254 e. The molecule has 1 atom stereocenters. The van der Waals surface area contributed by atoms with E-state index in [0.717, 1.165) is 16.8 Å². The van der Waals surface area contributed by atoms with E-state index >= 15 is 0 Å². The number of nitrogens with zero attached hydrogens (tertiary/aromatic N) is 1. The Labute approximate surface area is 123 Å². The number of carbonyl (C=O) groups is 2. The minimum absolute atomic E-state index is 0.0607. The van der Waals surface area contributed by atoms with Crippen LogP contribution in [-0.2, 0) is 9.59 Å². The van der Waals surface area contributed by atoms with Crippen molar-refractivity contribution in [1.29, 1.82) is 0 Å². The predicted molar refractivity (Wildman–Crippen MR) is 80.9 cm³/mol. The topological polar surface area (TPSA) is 49.4 Å². The number of piperazine rings is 1. The molecule has 1 aliphatic rings. The average Bonchev–Trinajstić information content (AvgIpc) is 2.51. The van der Waals surface area contributed by atoms with Crippen LogP contribution in [0.25, 0.3) is 0 Å². The van der Waals surface area contributed by atoms with Gasteiger partial charge in [0, 0.05) is 5.69 Å². The van der Waals surface area contributed by atoms with Crippen LogP contribution in [0.3, 0.4) is 0 Å². The van der Waals surface area contributed by atoms with Gasteiger partial charge in [-0.3, -0.25) is 9.59 Å². The highest BCUT2D eigenvalue weighted by molar-refractivity contribution is 6.06. The number of rotatable bonds is 2. The summed E-state index contributed by atoms with van der Waals surface area (Å²) >= 11 is 0. The summed E-state index contributed by atoms with van der Waals surface area (Å²) < 4.78 is 0. The Balaban J connectivity index is 1.93. The molecule has 0 saturated carbocycles. The third-order valence-electron chi connectivity index (χ3n) is 3.60. The quantitative estimate of drug-likeness (QED) is 0.916. The van der Waals surface area contributed by atoms with Crippen LogP contribution in [0.1, 0.15) is 17.2 Å². The molecule has 1 unspecified atom stereocenters. The van der Waals surface area contributed by atoms with Gasteiger partial charge < -0.3 is 10.2 Å². The third-order valence-corrected chi connectivity index (χ3v) is 3.60. The highest BCUT2D eigenvalue weighted by Crippen LogP contribution is 2.24. The number of hydrogen-bond donors (Lipinski definition) is 1. The first-order valence-electron chi connectivity index (χ1n) is 6.87. The van der Waals surface area contributed by atoms with Crippen molar-refractivity contribution in [3.63, 3.8) is 0 Å². The molecule has 1 fully saturated rings. The van der Waals surface area contributed by atoms with E-state index in [4.69, 9.17) is 0 Å². The van der Waals surface area contributed by atoms with Gasteiger partial charge in [0.05, 0.1) is 0 Å². The van der Waals surface area contributed by atoms with E-state index in [1.54, 1.807) is 0 Å². The van der Waals surface area contributed by atoms with Crippen molar-refractivity contribution in [2.24, 2.45) is 0 Å². The molecule has 2 amide bonds. The van der Waals surface area contributed by atoms with Crippen molar-refractivity contribution in [3.05, 3.63) is 65.7 Å². The Kier molecular flexibility index (Phi) is 3.44. The van der Waals surface area contributed by atoms with Crippen molar-refractivity contribution in [2.45, 2.75) is 13.0 Å². The van der Waals surface area contributed by atoms with Crippen LogP contribution in [0.4, 0.5) is 5.69 Å². The molecule has 4 nitrogen and oxygen atoms in total. The van der Waals surface area contributed by atoms with E-state index in [1.165, 1.54) is 4.90 Å². The lowest BCUT2D eigenvalue weighted by molar-refractivity contribution is -0.131. The summed E-state index contributed by atoms with van der Waals surface area (Å²) in [5.41, 5.74) is 2.67. The van der Waals surface area contributed by atoms with Gasteiger partial charge in [-0.05, 0) is 24.6 Å². The van der Waals surface area contributed by atoms with Crippen LogP contribution in [0.2, 0.25) is 0 Å². The van der Waals surface area contributed by atoms with E-state index in [9.17, 15) is 9.59 Å². The lowest BCUT2D eigenvalue weighted by atomic mass is 10.0. The number of carbonyl (C=O) groups excluding carboxylic acids is 2. The lowest BCUT2D eigenvalue weighted by Crippen LogP contribution is -2.53. The fourth-order valence-corrected chi connectivity index (χ4v) is 2.46. The minimum atomic E-state index is -0.617. The van der Waals surface area contributed by atoms with Crippen molar-refractivity contribution < 1.29 is 9.59 Å². The molecule has 2 aromatic rings. The molecule has 21 heavy (non-hydrogen) atoms. The summed E-state index contributed by atoms with van der Waals surface area (Å²) in [6.07, 6.45) is 0. The zero-order chi connectivity index (χ0) is 14.8. The molecule has 2 aromatic carbocycles. The van der Waals surface area contributed by atoms with Gasteiger partial charge >= 0.3 is 0 Å². The summed E-state index contributed by atoms with van der Waals surface area (Å²) in [6.45, 7) is 2.05. The molecule has 4 heteroatoms. The van der Waals surface area contributed by atoms with Crippen molar-refractivity contribution >= 4 is 17.5 Å². The fourth-order valence-electron chi connectivity index (χ4n) is 2.46. The largest absolute Gasteiger partial charge is 0.339 e. The van der Waals surface area contributed by atoms with Gasteiger partial charge in [-0.25, -0.2) is 0 Å². The smallest absolute Gasteiger partial charge is 0.254 e. The molecule has 0 aromatic heterocycles. The van der Waals surface area contributed by atoms with Gasteiger partial charge in [0.25, 0.3) is 5.91 Å². The number of anilines is 1. The van der Waals surface area contributed by atoms with Crippen molar-refractivity contribution in [2.75, 3.05) is 11.4 Å². The highest BCUT2D eigenvalue weighted by atomic mass is 16.2. The first-order chi connectivity index (χ1) is 10.1. The van der Waals surface area contributed by atoms with Crippen LogP contribution in [0.5, 0.6) is 0 Å². The zero-order valence-electron chi connectivity index (χ0n) is 11.7. The highest BCUT2D eigenvalue weighted by Gasteiger charge is 2.34. The van der Waals surface area contributed by atoms with Crippen LogP contribution < -0.4 is 10.2 Å². The summed E-state index contributed by atoms with van der Waals surface area (Å²) in [5, 5.41) is 2.76. The standard InChI is InChI=1S/C17H16N2O2/c1-12-7-9-14(10-8-12)19-11-15(20)18-16(17(19)21)13-5-3-2-4-6-13/h2-10,16H,11H2,1H3,(H,18,20). The molecule has 0 spiro atoms. The Morgan fingerprint density at radius 1 is 1.00 bits per heavy atom. The SMILES string of the molecule is Cc1ccc(N2CC(=O)NC(c3ccccc3)C2=O)cc1. The molecule has 1 aliphatic heterocycles. The Morgan fingerprint density at radius 2 is 1.67 bits per heavy atom. The molecule has 0 radical (unpaired) electrons. The van der Waals surface area contributed by atoms with E-state index in [1.807, 2.05) is 61.5 Å². The molecule has 1 saturated heterocycles. The number of aryl methyl sites for hydroxylation is 1. The summed E-state index contributed by atoms with van der Waals surface area (Å²) in [6, 6.07) is 16.3. The van der Waals surface area contributed by atoms with Crippen LogP contribution in [-0.4, -0.2) is 18.4 Å². The zero-order valence-corrected chi connectivity index (χ0v) is 11.7.